The standard InChI is InChI=1S/C28H28F3N3O2/c1-3-33(4-2)14-15-34-24-17-19(8-7-13-32)16-23(28(29,30)31)25(24)27(36,26(34)35)22-12-11-20-9-5-6-10-21(20)18-22/h5-6,9-12,16-18,36H,3-4,13-15,32H2,1-2H3. The summed E-state index contributed by atoms with van der Waals surface area (Å²) in [4.78, 5) is 17.2. The molecule has 1 heterocycles. The topological polar surface area (TPSA) is 69.8 Å². The van der Waals surface area contributed by atoms with E-state index in [2.05, 4.69) is 16.7 Å². The number of nitrogens with zero attached hydrogens (tertiary/aromatic N) is 2. The van der Waals surface area contributed by atoms with Crippen LogP contribution in [0.1, 0.15) is 36.1 Å². The average Bonchev–Trinajstić information content (AvgIpc) is 3.09. The van der Waals surface area contributed by atoms with E-state index in [0.717, 1.165) is 24.5 Å². The van der Waals surface area contributed by atoms with Crippen molar-refractivity contribution < 1.29 is 23.1 Å². The molecular formula is C28H28F3N3O2. The maximum Gasteiger partial charge on any atom is 0.416 e. The van der Waals surface area contributed by atoms with E-state index < -0.39 is 28.8 Å². The fourth-order valence-electron chi connectivity index (χ4n) is 4.77. The molecule has 8 heteroatoms. The van der Waals surface area contributed by atoms with Gasteiger partial charge in [-0.15, -0.1) is 0 Å². The van der Waals surface area contributed by atoms with E-state index in [1.807, 2.05) is 26.0 Å². The van der Waals surface area contributed by atoms with E-state index in [0.29, 0.717) is 11.9 Å². The third-order valence-electron chi connectivity index (χ3n) is 6.67. The average molecular weight is 496 g/mol. The van der Waals surface area contributed by atoms with Crippen LogP contribution in [0.3, 0.4) is 0 Å². The van der Waals surface area contributed by atoms with Crippen molar-refractivity contribution in [2.24, 2.45) is 5.73 Å². The van der Waals surface area contributed by atoms with Gasteiger partial charge in [-0.25, -0.2) is 0 Å². The molecule has 0 aromatic heterocycles. The summed E-state index contributed by atoms with van der Waals surface area (Å²) in [5.74, 6) is 4.42. The molecule has 4 rings (SSSR count). The first kappa shape index (κ1) is 25.7. The molecule has 0 fully saturated rings. The molecule has 0 saturated carbocycles. The number of hydrogen-bond acceptors (Lipinski definition) is 4. The number of nitrogens with two attached hydrogens (primary N) is 1. The third-order valence-corrected chi connectivity index (χ3v) is 6.67. The van der Waals surface area contributed by atoms with Gasteiger partial charge in [-0.3, -0.25) is 4.79 Å². The SMILES string of the molecule is CCN(CC)CCN1C(=O)C(O)(c2ccc3ccccc3c2)c2c1cc(C#CCN)cc2C(F)(F)F. The van der Waals surface area contributed by atoms with Crippen molar-refractivity contribution in [3.05, 3.63) is 76.9 Å². The van der Waals surface area contributed by atoms with Crippen LogP contribution in [0.4, 0.5) is 18.9 Å². The number of hydrogen-bond donors (Lipinski definition) is 2. The van der Waals surface area contributed by atoms with E-state index in [4.69, 9.17) is 5.73 Å². The van der Waals surface area contributed by atoms with Gasteiger partial charge in [0.05, 0.1) is 17.8 Å². The lowest BCUT2D eigenvalue weighted by Crippen LogP contribution is -2.44. The highest BCUT2D eigenvalue weighted by Gasteiger charge is 2.55. The van der Waals surface area contributed by atoms with Crippen LogP contribution in [0.2, 0.25) is 0 Å². The van der Waals surface area contributed by atoms with Crippen LogP contribution in [-0.4, -0.2) is 48.6 Å². The van der Waals surface area contributed by atoms with Gasteiger partial charge in [0.1, 0.15) is 0 Å². The molecule has 0 aliphatic carbocycles. The fourth-order valence-corrected chi connectivity index (χ4v) is 4.77. The predicted octanol–water partition coefficient (Wildman–Crippen LogP) is 4.09. The Morgan fingerprint density at radius 3 is 2.39 bits per heavy atom. The van der Waals surface area contributed by atoms with Crippen LogP contribution in [0.25, 0.3) is 10.8 Å². The van der Waals surface area contributed by atoms with Gasteiger partial charge < -0.3 is 20.6 Å². The highest BCUT2D eigenvalue weighted by Crippen LogP contribution is 2.50. The van der Waals surface area contributed by atoms with Gasteiger partial charge in [-0.1, -0.05) is 62.1 Å². The second-order valence-electron chi connectivity index (χ2n) is 8.68. The number of carbonyl (C=O) groups is 1. The zero-order valence-electron chi connectivity index (χ0n) is 20.2. The molecule has 0 saturated heterocycles. The lowest BCUT2D eigenvalue weighted by molar-refractivity contribution is -0.142. The van der Waals surface area contributed by atoms with Crippen molar-refractivity contribution in [3.8, 4) is 11.8 Å². The Morgan fingerprint density at radius 2 is 1.75 bits per heavy atom. The molecule has 1 atom stereocenters. The van der Waals surface area contributed by atoms with Crippen molar-refractivity contribution in [2.45, 2.75) is 25.6 Å². The molecule has 3 aromatic carbocycles. The monoisotopic (exact) mass is 495 g/mol. The maximum absolute atomic E-state index is 14.4. The number of rotatable bonds is 6. The maximum atomic E-state index is 14.4. The molecule has 0 spiro atoms. The van der Waals surface area contributed by atoms with Crippen molar-refractivity contribution in [1.82, 2.24) is 4.90 Å². The van der Waals surface area contributed by atoms with E-state index in [-0.39, 0.29) is 29.9 Å². The van der Waals surface area contributed by atoms with Gasteiger partial charge in [0.2, 0.25) is 0 Å². The van der Waals surface area contributed by atoms with Crippen LogP contribution in [-0.2, 0) is 16.6 Å². The first-order valence-corrected chi connectivity index (χ1v) is 11.9. The van der Waals surface area contributed by atoms with Crippen LogP contribution in [0.15, 0.2) is 54.6 Å². The quantitative estimate of drug-likeness (QED) is 0.506. The number of halogens is 3. The summed E-state index contributed by atoms with van der Waals surface area (Å²) in [5, 5.41) is 13.5. The molecule has 1 amide bonds. The number of likely N-dealkylation sites (N-methyl/N-ethyl adjacent to an activating group) is 1. The minimum absolute atomic E-state index is 0.0129. The van der Waals surface area contributed by atoms with Gasteiger partial charge in [-0.2, -0.15) is 13.2 Å². The molecule has 188 valence electrons. The van der Waals surface area contributed by atoms with Gasteiger partial charge >= 0.3 is 6.18 Å². The minimum atomic E-state index is -4.83. The largest absolute Gasteiger partial charge is 0.416 e. The van der Waals surface area contributed by atoms with Crippen molar-refractivity contribution in [2.75, 3.05) is 37.6 Å². The zero-order chi connectivity index (χ0) is 26.1. The van der Waals surface area contributed by atoms with Gasteiger partial charge in [0.15, 0.2) is 5.60 Å². The first-order chi connectivity index (χ1) is 17.1. The number of fused-ring (bicyclic) bond motifs is 2. The van der Waals surface area contributed by atoms with Crippen molar-refractivity contribution in [1.29, 1.82) is 0 Å². The molecule has 3 N–H and O–H groups in total. The molecule has 3 aromatic rings. The Hall–Kier alpha value is -3.38. The summed E-state index contributed by atoms with van der Waals surface area (Å²) in [6.45, 7) is 5.91. The Kier molecular flexibility index (Phi) is 7.10. The van der Waals surface area contributed by atoms with Crippen LogP contribution in [0.5, 0.6) is 0 Å². The number of carbonyl (C=O) groups excluding carboxylic acids is 1. The molecule has 0 bridgehead atoms. The Bertz CT molecular complexity index is 1360. The lowest BCUT2D eigenvalue weighted by Gasteiger charge is -2.26. The van der Waals surface area contributed by atoms with Gasteiger partial charge in [0, 0.05) is 24.2 Å². The normalized spacial score (nSPS) is 17.4. The van der Waals surface area contributed by atoms with E-state index in [1.165, 1.54) is 17.0 Å². The Labute approximate surface area is 208 Å². The Balaban J connectivity index is 1.98. The van der Waals surface area contributed by atoms with E-state index in [9.17, 15) is 23.1 Å². The van der Waals surface area contributed by atoms with Crippen LogP contribution >= 0.6 is 0 Å². The highest BCUT2D eigenvalue weighted by molar-refractivity contribution is 6.10. The number of amides is 1. The lowest BCUT2D eigenvalue weighted by atomic mass is 9.83. The summed E-state index contributed by atoms with van der Waals surface area (Å²) in [6.07, 6.45) is -4.83. The first-order valence-electron chi connectivity index (χ1n) is 11.9. The van der Waals surface area contributed by atoms with Gasteiger partial charge in [0.25, 0.3) is 5.91 Å². The summed E-state index contributed by atoms with van der Waals surface area (Å²) in [6, 6.07) is 14.4. The molecule has 0 radical (unpaired) electrons. The van der Waals surface area contributed by atoms with Crippen LogP contribution < -0.4 is 10.6 Å². The fraction of sp³-hybridized carbons (Fsp3) is 0.321. The third kappa shape index (κ3) is 4.46. The molecule has 1 unspecified atom stereocenters. The van der Waals surface area contributed by atoms with Crippen molar-refractivity contribution in [3.63, 3.8) is 0 Å². The van der Waals surface area contributed by atoms with E-state index >= 15 is 0 Å². The summed E-state index contributed by atoms with van der Waals surface area (Å²) < 4.78 is 43.2. The number of alkyl halides is 3. The second-order valence-corrected chi connectivity index (χ2v) is 8.68. The number of benzene rings is 3. The summed E-state index contributed by atoms with van der Waals surface area (Å²) >= 11 is 0. The zero-order valence-corrected chi connectivity index (χ0v) is 20.2. The summed E-state index contributed by atoms with van der Waals surface area (Å²) in [5.41, 5.74) is 1.55. The number of aliphatic hydroxyl groups is 1. The van der Waals surface area contributed by atoms with Crippen LogP contribution in [0, 0.1) is 11.8 Å². The molecule has 1 aliphatic heterocycles. The smallest absolute Gasteiger partial charge is 0.372 e. The minimum Gasteiger partial charge on any atom is -0.372 e. The summed E-state index contributed by atoms with van der Waals surface area (Å²) in [7, 11) is 0. The molecule has 1 aliphatic rings. The highest BCUT2D eigenvalue weighted by atomic mass is 19.4. The Morgan fingerprint density at radius 1 is 1.06 bits per heavy atom. The molecular weight excluding hydrogens is 467 g/mol. The van der Waals surface area contributed by atoms with Crippen molar-refractivity contribution >= 4 is 22.4 Å². The van der Waals surface area contributed by atoms with E-state index in [1.54, 1.807) is 24.3 Å². The second kappa shape index (κ2) is 9.94. The number of anilines is 1. The molecule has 36 heavy (non-hydrogen) atoms. The molecule has 5 nitrogen and oxygen atoms in total. The van der Waals surface area contributed by atoms with Gasteiger partial charge in [-0.05, 0) is 47.6 Å². The predicted molar refractivity (Wildman–Crippen MR) is 134 cm³/mol.